The summed E-state index contributed by atoms with van der Waals surface area (Å²) < 4.78 is 0. The summed E-state index contributed by atoms with van der Waals surface area (Å²) >= 11 is 0. The van der Waals surface area contributed by atoms with E-state index in [0.29, 0.717) is 18.3 Å². The largest absolute Gasteiger partial charge is 0.394 e. The van der Waals surface area contributed by atoms with Gasteiger partial charge in [-0.25, -0.2) is 0 Å². The van der Waals surface area contributed by atoms with Crippen molar-refractivity contribution in [2.24, 2.45) is 10.2 Å². The van der Waals surface area contributed by atoms with Gasteiger partial charge < -0.3 is 20.4 Å². The number of rotatable bonds is 13. The van der Waals surface area contributed by atoms with E-state index in [1.807, 2.05) is 0 Å². The summed E-state index contributed by atoms with van der Waals surface area (Å²) in [6.07, 6.45) is -5.36. The third-order valence-corrected chi connectivity index (χ3v) is 4.67. The zero-order valence-corrected chi connectivity index (χ0v) is 18.7. The number of aliphatic hydroxyl groups is 4. The molecule has 0 fully saturated rings. The lowest BCUT2D eigenvalue weighted by atomic mass is 10.0. The first-order valence-corrected chi connectivity index (χ1v) is 10.0. The van der Waals surface area contributed by atoms with Crippen molar-refractivity contribution < 1.29 is 40.1 Å². The highest BCUT2D eigenvalue weighted by Crippen LogP contribution is 2.30. The molecular weight excluding hydrogens is 520 g/mol. The van der Waals surface area contributed by atoms with Crippen molar-refractivity contribution in [3.05, 3.63) is 76.9 Å². The molecular formula is C18H18N8O12. The molecule has 0 unspecified atom stereocenters. The molecule has 0 aliphatic heterocycles. The Kier molecular flexibility index (Phi) is 9.70. The number of non-ortho nitro benzene ring substituents is 2. The molecule has 0 bridgehead atoms. The van der Waals surface area contributed by atoms with Gasteiger partial charge in [0.1, 0.15) is 35.4 Å². The molecule has 2 aromatic rings. The predicted octanol–water partition coefficient (Wildman–Crippen LogP) is 0.260. The van der Waals surface area contributed by atoms with Crippen molar-refractivity contribution in [1.29, 1.82) is 0 Å². The average molecular weight is 538 g/mol. The normalized spacial score (nSPS) is 13.9. The molecule has 0 amide bonds. The molecule has 0 aromatic heterocycles. The van der Waals surface area contributed by atoms with Crippen LogP contribution >= 0.6 is 0 Å². The Hall–Kier alpha value is -5.18. The van der Waals surface area contributed by atoms with Crippen LogP contribution in [0.3, 0.4) is 0 Å². The smallest absolute Gasteiger partial charge is 0.301 e. The van der Waals surface area contributed by atoms with Crippen LogP contribution < -0.4 is 10.9 Å². The Morgan fingerprint density at radius 2 is 1.29 bits per heavy atom. The highest BCUT2D eigenvalue weighted by Gasteiger charge is 2.28. The van der Waals surface area contributed by atoms with E-state index in [9.17, 15) is 55.8 Å². The number of nitrogens with zero attached hydrogens (tertiary/aromatic N) is 6. The number of nitro benzene ring substituents is 4. The van der Waals surface area contributed by atoms with Gasteiger partial charge in [-0.2, -0.15) is 10.2 Å². The number of hydrogen-bond donors (Lipinski definition) is 6. The lowest BCUT2D eigenvalue weighted by Crippen LogP contribution is -2.44. The third-order valence-electron chi connectivity index (χ3n) is 4.67. The molecule has 0 saturated carbocycles. The van der Waals surface area contributed by atoms with Crippen molar-refractivity contribution in [3.8, 4) is 0 Å². The minimum absolute atomic E-state index is 0.333. The number of anilines is 2. The van der Waals surface area contributed by atoms with E-state index in [1.165, 1.54) is 0 Å². The van der Waals surface area contributed by atoms with Gasteiger partial charge in [0.2, 0.25) is 0 Å². The van der Waals surface area contributed by atoms with Crippen LogP contribution in [0.25, 0.3) is 0 Å². The van der Waals surface area contributed by atoms with E-state index in [1.54, 1.807) is 0 Å². The second kappa shape index (κ2) is 12.7. The maximum absolute atomic E-state index is 11.3. The second-order valence-electron chi connectivity index (χ2n) is 7.14. The SMILES string of the molecule is O=[N+]([O-])c1ccc(N/N=C/C(=N\Nc2ccc([N+](=O)[O-])cc2[N+](=O)[O-])[C@H](O)[C@H](O)[C@H](O)CO)c([N+](=O)[O-])c1. The molecule has 20 nitrogen and oxygen atoms in total. The molecule has 202 valence electrons. The van der Waals surface area contributed by atoms with Crippen LogP contribution in [0.5, 0.6) is 0 Å². The van der Waals surface area contributed by atoms with Crippen LogP contribution in [0.4, 0.5) is 34.1 Å². The predicted molar refractivity (Wildman–Crippen MR) is 128 cm³/mol. The zero-order chi connectivity index (χ0) is 28.6. The number of benzene rings is 2. The van der Waals surface area contributed by atoms with Crippen molar-refractivity contribution in [1.82, 2.24) is 0 Å². The first kappa shape index (κ1) is 29.1. The minimum Gasteiger partial charge on any atom is -0.394 e. The van der Waals surface area contributed by atoms with Gasteiger partial charge >= 0.3 is 11.4 Å². The first-order chi connectivity index (χ1) is 17.9. The van der Waals surface area contributed by atoms with Gasteiger partial charge in [0.25, 0.3) is 11.4 Å². The lowest BCUT2D eigenvalue weighted by molar-refractivity contribution is -0.393. The van der Waals surface area contributed by atoms with Crippen LogP contribution in [0.15, 0.2) is 46.6 Å². The van der Waals surface area contributed by atoms with Gasteiger partial charge in [0.15, 0.2) is 0 Å². The molecule has 20 heteroatoms. The summed E-state index contributed by atoms with van der Waals surface area (Å²) in [5.41, 5.74) is 0.248. The fourth-order valence-corrected chi connectivity index (χ4v) is 2.72. The average Bonchev–Trinajstić information content (AvgIpc) is 2.88. The maximum atomic E-state index is 11.3. The summed E-state index contributed by atoms with van der Waals surface area (Å²) in [7, 11) is 0. The fourth-order valence-electron chi connectivity index (χ4n) is 2.72. The van der Waals surface area contributed by atoms with Crippen LogP contribution in [-0.2, 0) is 0 Å². The van der Waals surface area contributed by atoms with Crippen LogP contribution in [0, 0.1) is 40.5 Å². The van der Waals surface area contributed by atoms with Crippen LogP contribution in [-0.4, -0.2) is 77.0 Å². The van der Waals surface area contributed by atoms with E-state index >= 15 is 0 Å². The van der Waals surface area contributed by atoms with E-state index < -0.39 is 78.8 Å². The highest BCUT2D eigenvalue weighted by molar-refractivity contribution is 6.33. The van der Waals surface area contributed by atoms with E-state index in [-0.39, 0.29) is 5.69 Å². The topological polar surface area (TPSA) is 302 Å². The lowest BCUT2D eigenvalue weighted by Gasteiger charge is -2.21. The first-order valence-electron chi connectivity index (χ1n) is 10.0. The molecule has 0 aliphatic carbocycles. The van der Waals surface area contributed by atoms with E-state index in [4.69, 9.17) is 5.11 Å². The fraction of sp³-hybridized carbons (Fsp3) is 0.222. The third kappa shape index (κ3) is 7.17. The summed E-state index contributed by atoms with van der Waals surface area (Å²) in [6, 6.07) is 5.02. The van der Waals surface area contributed by atoms with Crippen LogP contribution in [0.1, 0.15) is 0 Å². The Labute approximate surface area is 209 Å². The molecule has 0 saturated heterocycles. The second-order valence-corrected chi connectivity index (χ2v) is 7.14. The Bertz CT molecular complexity index is 1300. The summed E-state index contributed by atoms with van der Waals surface area (Å²) in [4.78, 5) is 40.7. The molecule has 0 radical (unpaired) electrons. The van der Waals surface area contributed by atoms with Gasteiger partial charge in [-0.1, -0.05) is 0 Å². The molecule has 2 rings (SSSR count). The summed E-state index contributed by atoms with van der Waals surface area (Å²) in [5.74, 6) is 0. The van der Waals surface area contributed by atoms with Gasteiger partial charge in [-0.15, -0.1) is 0 Å². The number of nitrogens with one attached hydrogen (secondary N) is 2. The van der Waals surface area contributed by atoms with Gasteiger partial charge in [0.05, 0.1) is 44.6 Å². The monoisotopic (exact) mass is 538 g/mol. The minimum atomic E-state index is -2.10. The van der Waals surface area contributed by atoms with E-state index in [2.05, 4.69) is 21.1 Å². The standard InChI is InChI=1S/C18H18N8O12/c27-8-16(28)18(30)17(29)13(22-21-12-4-2-10(24(33)34)6-15(12)26(37)38)7-19-20-11-3-1-9(23(31)32)5-14(11)25(35)36/h1-7,16-18,20-21,27-30H,8H2/b19-7+,22-13+/t16-,17+,18-/m1/s1. The zero-order valence-electron chi connectivity index (χ0n) is 18.7. The maximum Gasteiger partial charge on any atom is 0.301 e. The molecule has 0 aliphatic rings. The van der Waals surface area contributed by atoms with Crippen molar-refractivity contribution >= 4 is 46.1 Å². The van der Waals surface area contributed by atoms with Crippen molar-refractivity contribution in [2.45, 2.75) is 18.3 Å². The van der Waals surface area contributed by atoms with Crippen molar-refractivity contribution in [3.63, 3.8) is 0 Å². The highest BCUT2D eigenvalue weighted by atomic mass is 16.6. The molecule has 6 N–H and O–H groups in total. The number of nitro groups is 4. The quantitative estimate of drug-likeness (QED) is 0.113. The Balaban J connectivity index is 2.44. The van der Waals surface area contributed by atoms with Gasteiger partial charge in [0, 0.05) is 12.1 Å². The Morgan fingerprint density at radius 1 is 0.816 bits per heavy atom. The molecule has 38 heavy (non-hydrogen) atoms. The molecule has 3 atom stereocenters. The molecule has 0 spiro atoms. The number of aliphatic hydroxyl groups excluding tert-OH is 4. The van der Waals surface area contributed by atoms with Crippen LogP contribution in [0.2, 0.25) is 0 Å². The van der Waals surface area contributed by atoms with Crippen molar-refractivity contribution in [2.75, 3.05) is 17.5 Å². The number of hydrogen-bond acceptors (Lipinski definition) is 16. The molecule has 2 aromatic carbocycles. The van der Waals surface area contributed by atoms with Gasteiger partial charge in [-0.3, -0.25) is 51.3 Å². The van der Waals surface area contributed by atoms with E-state index in [0.717, 1.165) is 24.3 Å². The van der Waals surface area contributed by atoms with Gasteiger partial charge in [-0.05, 0) is 12.1 Å². The summed E-state index contributed by atoms with van der Waals surface area (Å²) in [6.45, 7) is -0.989. The summed E-state index contributed by atoms with van der Waals surface area (Å²) in [5, 5.41) is 90.6. The Morgan fingerprint density at radius 3 is 1.71 bits per heavy atom. The number of hydrazone groups is 2. The molecule has 0 heterocycles.